The summed E-state index contributed by atoms with van der Waals surface area (Å²) in [5.41, 5.74) is 3.50. The molecule has 1 fully saturated rings. The maximum Gasteiger partial charge on any atom is 0.318 e. The summed E-state index contributed by atoms with van der Waals surface area (Å²) in [5.74, 6) is 0.252. The van der Waals surface area contributed by atoms with E-state index in [-0.39, 0.29) is 12.0 Å². The number of hydrazone groups is 1. The van der Waals surface area contributed by atoms with Crippen LogP contribution in [0, 0.1) is 0 Å². The molecular weight excluding hydrogens is 380 g/mol. The predicted octanol–water partition coefficient (Wildman–Crippen LogP) is 2.70. The van der Waals surface area contributed by atoms with Gasteiger partial charge in [-0.05, 0) is 30.5 Å². The molecule has 0 amide bonds. The van der Waals surface area contributed by atoms with Gasteiger partial charge in [0, 0.05) is 18.1 Å². The molecule has 9 heteroatoms. The number of aromatic nitrogens is 4. The molecule has 0 unspecified atom stereocenters. The van der Waals surface area contributed by atoms with Crippen molar-refractivity contribution in [2.45, 2.75) is 31.7 Å². The molecule has 3 aromatic rings. The second kappa shape index (κ2) is 7.55. The van der Waals surface area contributed by atoms with Crippen LogP contribution >= 0.6 is 11.6 Å². The van der Waals surface area contributed by atoms with Crippen molar-refractivity contribution < 1.29 is 0 Å². The molecule has 1 saturated carbocycles. The third-order valence-corrected chi connectivity index (χ3v) is 5.24. The highest BCUT2D eigenvalue weighted by molar-refractivity contribution is 6.30. The van der Waals surface area contributed by atoms with Crippen LogP contribution in [0.5, 0.6) is 0 Å². The fourth-order valence-electron chi connectivity index (χ4n) is 3.50. The Labute approximate surface area is 165 Å². The maximum absolute atomic E-state index is 12.6. The van der Waals surface area contributed by atoms with E-state index < -0.39 is 11.1 Å². The van der Waals surface area contributed by atoms with Gasteiger partial charge in [-0.15, -0.1) is 0 Å². The first kappa shape index (κ1) is 18.4. The number of fused-ring (bicyclic) bond motifs is 1. The Morgan fingerprint density at radius 1 is 1.18 bits per heavy atom. The molecule has 28 heavy (non-hydrogen) atoms. The van der Waals surface area contributed by atoms with Crippen molar-refractivity contribution in [2.24, 2.45) is 12.1 Å². The predicted molar refractivity (Wildman–Crippen MR) is 109 cm³/mol. The summed E-state index contributed by atoms with van der Waals surface area (Å²) in [6.45, 7) is 0. The molecule has 144 valence electrons. The second-order valence-corrected chi connectivity index (χ2v) is 7.24. The summed E-state index contributed by atoms with van der Waals surface area (Å²) >= 11 is 5.87. The lowest BCUT2D eigenvalue weighted by atomic mass is 10.2. The first-order valence-electron chi connectivity index (χ1n) is 9.07. The molecule has 2 heterocycles. The minimum Gasteiger partial charge on any atom is -0.303 e. The van der Waals surface area contributed by atoms with Crippen LogP contribution in [-0.2, 0) is 7.05 Å². The van der Waals surface area contributed by atoms with Crippen molar-refractivity contribution in [1.29, 1.82) is 0 Å². The number of benzene rings is 1. The van der Waals surface area contributed by atoms with Crippen LogP contribution in [0.15, 0.2) is 45.2 Å². The highest BCUT2D eigenvalue weighted by atomic mass is 35.5. The average Bonchev–Trinajstić information content (AvgIpc) is 3.22. The zero-order valence-electron chi connectivity index (χ0n) is 15.3. The third-order valence-electron chi connectivity index (χ3n) is 4.98. The summed E-state index contributed by atoms with van der Waals surface area (Å²) in [7, 11) is 1.56. The van der Waals surface area contributed by atoms with Gasteiger partial charge in [0.1, 0.15) is 5.52 Å². The van der Waals surface area contributed by atoms with Gasteiger partial charge in [0.25, 0.3) is 0 Å². The molecule has 0 saturated heterocycles. The summed E-state index contributed by atoms with van der Waals surface area (Å²) in [4.78, 5) is 33.7. The molecule has 1 N–H and O–H groups in total. The van der Waals surface area contributed by atoms with E-state index in [2.05, 4.69) is 20.5 Å². The van der Waals surface area contributed by atoms with Crippen molar-refractivity contribution in [3.8, 4) is 0 Å². The topological polar surface area (TPSA) is 94.2 Å². The first-order valence-corrected chi connectivity index (χ1v) is 9.45. The molecule has 0 atom stereocenters. The molecule has 1 aliphatic rings. The zero-order chi connectivity index (χ0) is 19.7. The molecular formula is C19H19ClN6O2. The van der Waals surface area contributed by atoms with Gasteiger partial charge >= 0.3 is 11.1 Å². The molecule has 0 bridgehead atoms. The van der Waals surface area contributed by atoms with Crippen LogP contribution in [0.4, 0.5) is 5.95 Å². The number of rotatable bonds is 4. The van der Waals surface area contributed by atoms with Gasteiger partial charge in [-0.1, -0.05) is 36.6 Å². The zero-order valence-corrected chi connectivity index (χ0v) is 16.1. The fraction of sp³-hybridized carbons (Fsp3) is 0.316. The molecule has 0 spiro atoms. The lowest BCUT2D eigenvalue weighted by Crippen LogP contribution is -2.42. The molecule has 2 aromatic heterocycles. The monoisotopic (exact) mass is 398 g/mol. The van der Waals surface area contributed by atoms with E-state index in [1.54, 1.807) is 25.4 Å². The number of hydrogen-bond acceptors (Lipinski definition) is 6. The van der Waals surface area contributed by atoms with Crippen molar-refractivity contribution in [2.75, 3.05) is 5.43 Å². The highest BCUT2D eigenvalue weighted by Crippen LogP contribution is 2.29. The van der Waals surface area contributed by atoms with Crippen molar-refractivity contribution in [3.63, 3.8) is 0 Å². The number of halogens is 1. The Morgan fingerprint density at radius 3 is 2.61 bits per heavy atom. The lowest BCUT2D eigenvalue weighted by Gasteiger charge is -2.17. The Balaban J connectivity index is 1.72. The Kier molecular flexibility index (Phi) is 4.95. The summed E-state index contributed by atoms with van der Waals surface area (Å²) in [5, 5.41) is 4.79. The Bertz CT molecular complexity index is 1160. The number of nitrogens with one attached hydrogen (secondary N) is 1. The molecule has 4 rings (SSSR count). The Hall–Kier alpha value is -3.00. The second-order valence-electron chi connectivity index (χ2n) is 6.80. The van der Waals surface area contributed by atoms with Crippen LogP contribution in [-0.4, -0.2) is 25.3 Å². The third kappa shape index (κ3) is 3.43. The first-order chi connectivity index (χ1) is 13.5. The van der Waals surface area contributed by atoms with Gasteiger partial charge in [-0.25, -0.2) is 10.4 Å². The highest BCUT2D eigenvalue weighted by Gasteiger charge is 2.23. The van der Waals surface area contributed by atoms with Crippen molar-refractivity contribution in [3.05, 3.63) is 61.8 Å². The van der Waals surface area contributed by atoms with Gasteiger partial charge in [-0.3, -0.25) is 14.2 Å². The van der Waals surface area contributed by atoms with E-state index in [4.69, 9.17) is 11.6 Å². The standard InChI is InChI=1S/C19H19ClN6O2/c1-25-15-11-21-19(24-22-10-12-6-8-13(20)9-7-12)23-16(15)26(18(28)17(25)27)14-4-2-3-5-14/h6-11,14H,2-5H2,1H3,(H,21,23,24). The van der Waals surface area contributed by atoms with Crippen LogP contribution in [0.1, 0.15) is 37.3 Å². The number of aryl methyl sites for hydroxylation is 1. The quantitative estimate of drug-likeness (QED) is 0.414. The summed E-state index contributed by atoms with van der Waals surface area (Å²) in [6, 6.07) is 7.21. The van der Waals surface area contributed by atoms with E-state index in [9.17, 15) is 9.59 Å². The fourth-order valence-corrected chi connectivity index (χ4v) is 3.63. The van der Waals surface area contributed by atoms with E-state index in [0.717, 1.165) is 31.2 Å². The molecule has 1 aromatic carbocycles. The minimum absolute atomic E-state index is 0.00998. The Morgan fingerprint density at radius 2 is 1.89 bits per heavy atom. The van der Waals surface area contributed by atoms with Crippen LogP contribution in [0.25, 0.3) is 11.2 Å². The van der Waals surface area contributed by atoms with E-state index in [1.165, 1.54) is 15.3 Å². The molecule has 8 nitrogen and oxygen atoms in total. The van der Waals surface area contributed by atoms with Gasteiger partial charge in [0.15, 0.2) is 5.65 Å². The maximum atomic E-state index is 12.6. The molecule has 0 aliphatic heterocycles. The van der Waals surface area contributed by atoms with Crippen LogP contribution < -0.4 is 16.5 Å². The minimum atomic E-state index is -0.565. The van der Waals surface area contributed by atoms with Crippen molar-refractivity contribution in [1.82, 2.24) is 19.1 Å². The van der Waals surface area contributed by atoms with Gasteiger partial charge in [0.05, 0.1) is 12.4 Å². The van der Waals surface area contributed by atoms with E-state index >= 15 is 0 Å². The number of nitrogens with zero attached hydrogens (tertiary/aromatic N) is 5. The summed E-state index contributed by atoms with van der Waals surface area (Å²) < 4.78 is 2.82. The molecule has 0 radical (unpaired) electrons. The van der Waals surface area contributed by atoms with Crippen LogP contribution in [0.2, 0.25) is 5.02 Å². The smallest absolute Gasteiger partial charge is 0.303 e. The van der Waals surface area contributed by atoms with Gasteiger partial charge in [0.2, 0.25) is 5.95 Å². The number of hydrogen-bond donors (Lipinski definition) is 1. The van der Waals surface area contributed by atoms with Gasteiger partial charge < -0.3 is 4.57 Å². The summed E-state index contributed by atoms with van der Waals surface area (Å²) in [6.07, 6.45) is 6.96. The normalized spacial score (nSPS) is 14.9. The lowest BCUT2D eigenvalue weighted by molar-refractivity contribution is 0.507. The molecule has 1 aliphatic carbocycles. The number of anilines is 1. The largest absolute Gasteiger partial charge is 0.318 e. The van der Waals surface area contributed by atoms with Crippen molar-refractivity contribution >= 4 is 34.9 Å². The van der Waals surface area contributed by atoms with Gasteiger partial charge in [-0.2, -0.15) is 10.1 Å². The SMILES string of the molecule is Cn1c(=O)c(=O)n(C2CCCC2)c2nc(NN=Cc3ccc(Cl)cc3)ncc21. The van der Waals surface area contributed by atoms with E-state index in [0.29, 0.717) is 16.2 Å². The van der Waals surface area contributed by atoms with Crippen LogP contribution in [0.3, 0.4) is 0 Å². The average molecular weight is 399 g/mol. The van der Waals surface area contributed by atoms with E-state index in [1.807, 2.05) is 12.1 Å².